The van der Waals surface area contributed by atoms with Crippen LogP contribution >= 0.6 is 0 Å². The SMILES string of the molecule is CN.CNc1ccc(C(=O)O)cc1NC/C(C)=C/c1c(F)cccc1NC=O. The number of carbonyl (C=O) groups is 2. The Hall–Kier alpha value is -3.39. The van der Waals surface area contributed by atoms with E-state index in [9.17, 15) is 14.0 Å². The Morgan fingerprint density at radius 1 is 1.18 bits per heavy atom. The molecule has 0 aliphatic heterocycles. The van der Waals surface area contributed by atoms with E-state index in [0.29, 0.717) is 24.3 Å². The van der Waals surface area contributed by atoms with E-state index < -0.39 is 11.8 Å². The van der Waals surface area contributed by atoms with Crippen molar-refractivity contribution < 1.29 is 19.1 Å². The summed E-state index contributed by atoms with van der Waals surface area (Å²) in [4.78, 5) is 21.8. The molecule has 0 aliphatic rings. The Morgan fingerprint density at radius 3 is 2.50 bits per heavy atom. The van der Waals surface area contributed by atoms with E-state index in [0.717, 1.165) is 11.3 Å². The molecule has 0 unspecified atom stereocenters. The Bertz CT molecular complexity index is 853. The fourth-order valence-corrected chi connectivity index (χ4v) is 2.45. The maximum absolute atomic E-state index is 14.1. The highest BCUT2D eigenvalue weighted by Crippen LogP contribution is 2.25. The molecule has 7 nitrogen and oxygen atoms in total. The molecule has 0 aromatic heterocycles. The summed E-state index contributed by atoms with van der Waals surface area (Å²) in [7, 11) is 3.24. The summed E-state index contributed by atoms with van der Waals surface area (Å²) in [5.41, 5.74) is 7.50. The summed E-state index contributed by atoms with van der Waals surface area (Å²) >= 11 is 0. The Kier molecular flexibility index (Phi) is 9.18. The van der Waals surface area contributed by atoms with Gasteiger partial charge in [-0.1, -0.05) is 11.6 Å². The number of benzene rings is 2. The van der Waals surface area contributed by atoms with Crippen molar-refractivity contribution in [3.05, 3.63) is 58.9 Å². The van der Waals surface area contributed by atoms with Crippen LogP contribution in [-0.2, 0) is 4.79 Å². The smallest absolute Gasteiger partial charge is 0.335 e. The van der Waals surface area contributed by atoms with Gasteiger partial charge in [-0.05, 0) is 50.4 Å². The zero-order chi connectivity index (χ0) is 21.1. The number of halogens is 1. The average molecular weight is 388 g/mol. The third-order valence-corrected chi connectivity index (χ3v) is 3.75. The second kappa shape index (κ2) is 11.3. The van der Waals surface area contributed by atoms with Crippen LogP contribution in [0.1, 0.15) is 22.8 Å². The molecular weight excluding hydrogens is 363 g/mol. The van der Waals surface area contributed by atoms with Crippen molar-refractivity contribution in [3.8, 4) is 0 Å². The third-order valence-electron chi connectivity index (χ3n) is 3.75. The lowest BCUT2D eigenvalue weighted by atomic mass is 10.1. The summed E-state index contributed by atoms with van der Waals surface area (Å²) in [6.07, 6.45) is 2.13. The minimum atomic E-state index is -1.01. The lowest BCUT2D eigenvalue weighted by molar-refractivity contribution is -0.105. The summed E-state index contributed by atoms with van der Waals surface area (Å²) in [6, 6.07) is 9.16. The predicted molar refractivity (Wildman–Crippen MR) is 111 cm³/mol. The second-order valence-electron chi connectivity index (χ2n) is 5.62. The predicted octanol–water partition coefficient (Wildman–Crippen LogP) is 3.22. The average Bonchev–Trinajstić information content (AvgIpc) is 2.70. The minimum absolute atomic E-state index is 0.166. The van der Waals surface area contributed by atoms with Crippen LogP contribution in [0.3, 0.4) is 0 Å². The van der Waals surface area contributed by atoms with Gasteiger partial charge in [-0.25, -0.2) is 9.18 Å². The molecule has 0 saturated carbocycles. The van der Waals surface area contributed by atoms with Gasteiger partial charge in [0.25, 0.3) is 0 Å². The van der Waals surface area contributed by atoms with Crippen molar-refractivity contribution in [1.82, 2.24) is 0 Å². The molecule has 0 saturated heterocycles. The summed E-state index contributed by atoms with van der Waals surface area (Å²) < 4.78 is 14.1. The molecule has 150 valence electrons. The van der Waals surface area contributed by atoms with Gasteiger partial charge in [0, 0.05) is 19.2 Å². The van der Waals surface area contributed by atoms with Crippen LogP contribution in [0, 0.1) is 5.82 Å². The van der Waals surface area contributed by atoms with Crippen molar-refractivity contribution in [2.75, 3.05) is 36.6 Å². The molecule has 2 aromatic rings. The maximum Gasteiger partial charge on any atom is 0.335 e. The monoisotopic (exact) mass is 388 g/mol. The highest BCUT2D eigenvalue weighted by atomic mass is 19.1. The quantitative estimate of drug-likeness (QED) is 0.443. The van der Waals surface area contributed by atoms with Crippen LogP contribution in [0.2, 0.25) is 0 Å². The van der Waals surface area contributed by atoms with Gasteiger partial charge >= 0.3 is 5.97 Å². The zero-order valence-electron chi connectivity index (χ0n) is 16.0. The number of carbonyl (C=O) groups excluding carboxylic acids is 1. The summed E-state index contributed by atoms with van der Waals surface area (Å²) in [5.74, 6) is -1.46. The maximum atomic E-state index is 14.1. The molecule has 0 radical (unpaired) electrons. The Balaban J connectivity index is 0.00000190. The second-order valence-corrected chi connectivity index (χ2v) is 5.62. The molecule has 0 aliphatic carbocycles. The molecule has 2 rings (SSSR count). The number of hydrogen-bond acceptors (Lipinski definition) is 5. The molecule has 0 heterocycles. The number of rotatable bonds is 8. The molecule has 6 N–H and O–H groups in total. The number of nitrogens with one attached hydrogen (secondary N) is 3. The number of hydrogen-bond donors (Lipinski definition) is 5. The van der Waals surface area contributed by atoms with Crippen LogP contribution in [0.25, 0.3) is 6.08 Å². The Morgan fingerprint density at radius 2 is 1.89 bits per heavy atom. The van der Waals surface area contributed by atoms with Gasteiger partial charge in [-0.15, -0.1) is 0 Å². The van der Waals surface area contributed by atoms with Crippen LogP contribution < -0.4 is 21.7 Å². The fraction of sp³-hybridized carbons (Fsp3) is 0.200. The number of amides is 1. The van der Waals surface area contributed by atoms with Gasteiger partial charge in [0.1, 0.15) is 5.82 Å². The molecule has 0 spiro atoms. The summed E-state index contributed by atoms with van der Waals surface area (Å²) in [5, 5.41) is 17.7. The van der Waals surface area contributed by atoms with E-state index in [-0.39, 0.29) is 11.1 Å². The fourth-order valence-electron chi connectivity index (χ4n) is 2.45. The number of nitrogens with two attached hydrogens (primary N) is 1. The first-order valence-corrected chi connectivity index (χ1v) is 8.48. The highest BCUT2D eigenvalue weighted by molar-refractivity contribution is 5.90. The summed E-state index contributed by atoms with van der Waals surface area (Å²) in [6.45, 7) is 2.18. The van der Waals surface area contributed by atoms with Crippen LogP contribution in [-0.4, -0.2) is 38.1 Å². The van der Waals surface area contributed by atoms with E-state index in [2.05, 4.69) is 21.7 Å². The first-order valence-electron chi connectivity index (χ1n) is 8.48. The van der Waals surface area contributed by atoms with Crippen LogP contribution in [0.15, 0.2) is 42.0 Å². The zero-order valence-corrected chi connectivity index (χ0v) is 16.0. The first-order chi connectivity index (χ1) is 13.5. The number of aromatic carboxylic acids is 1. The molecule has 0 atom stereocenters. The third kappa shape index (κ3) is 6.10. The van der Waals surface area contributed by atoms with Crippen molar-refractivity contribution in [3.63, 3.8) is 0 Å². The topological polar surface area (TPSA) is 116 Å². The largest absolute Gasteiger partial charge is 0.478 e. The number of anilines is 3. The van der Waals surface area contributed by atoms with Crippen LogP contribution in [0.4, 0.5) is 21.5 Å². The molecule has 0 bridgehead atoms. The molecule has 1 amide bonds. The van der Waals surface area contributed by atoms with E-state index in [1.165, 1.54) is 31.3 Å². The standard InChI is InChI=1S/C19H20FN3O3.CH5N/c1-12(8-14-15(20)4-3-5-16(14)23-11-24)10-22-18-9-13(19(25)26)6-7-17(18)21-2;1-2/h3-9,11,21-22H,10H2,1-2H3,(H,23,24)(H,25,26);2H2,1H3/b12-8+;. The lowest BCUT2D eigenvalue weighted by Crippen LogP contribution is -2.07. The van der Waals surface area contributed by atoms with E-state index >= 15 is 0 Å². The number of carboxylic acids is 1. The van der Waals surface area contributed by atoms with Crippen LogP contribution in [0.5, 0.6) is 0 Å². The van der Waals surface area contributed by atoms with Gasteiger partial charge in [0.05, 0.1) is 22.6 Å². The number of carboxylic acid groups (broad SMARTS) is 1. The van der Waals surface area contributed by atoms with Crippen molar-refractivity contribution in [2.24, 2.45) is 5.73 Å². The van der Waals surface area contributed by atoms with Gasteiger partial charge in [0.2, 0.25) is 6.41 Å². The molecule has 2 aromatic carbocycles. The van der Waals surface area contributed by atoms with Crippen molar-refractivity contribution in [1.29, 1.82) is 0 Å². The van der Waals surface area contributed by atoms with Gasteiger partial charge in [-0.3, -0.25) is 4.79 Å². The van der Waals surface area contributed by atoms with E-state index in [1.54, 1.807) is 25.3 Å². The first kappa shape index (κ1) is 22.7. The lowest BCUT2D eigenvalue weighted by Gasteiger charge is -2.13. The Labute approximate surface area is 163 Å². The van der Waals surface area contributed by atoms with Gasteiger partial charge < -0.3 is 26.8 Å². The highest BCUT2D eigenvalue weighted by Gasteiger charge is 2.09. The molecule has 8 heteroatoms. The van der Waals surface area contributed by atoms with Crippen molar-refractivity contribution >= 4 is 35.5 Å². The normalized spacial score (nSPS) is 10.4. The molecule has 0 fully saturated rings. The van der Waals surface area contributed by atoms with Gasteiger partial charge in [-0.2, -0.15) is 0 Å². The molecule has 28 heavy (non-hydrogen) atoms. The van der Waals surface area contributed by atoms with E-state index in [4.69, 9.17) is 5.11 Å². The van der Waals surface area contributed by atoms with E-state index in [1.807, 2.05) is 6.92 Å². The minimum Gasteiger partial charge on any atom is -0.478 e. The van der Waals surface area contributed by atoms with Crippen molar-refractivity contribution in [2.45, 2.75) is 6.92 Å². The molecular formula is C20H25FN4O3. The van der Waals surface area contributed by atoms with Gasteiger partial charge in [0.15, 0.2) is 0 Å².